The largest absolute Gasteiger partial charge is 0.462 e. The molecule has 0 fully saturated rings. The van der Waals surface area contributed by atoms with Crippen LogP contribution in [0.15, 0.2) is 18.2 Å². The quantitative estimate of drug-likeness (QED) is 0.225. The van der Waals surface area contributed by atoms with Crippen LogP contribution in [0.1, 0.15) is 87.1 Å². The number of rotatable bonds is 12. The van der Waals surface area contributed by atoms with Crippen molar-refractivity contribution < 1.29 is 27.1 Å². The standard InChI is InChI=1S/C20H28F4O2/c1-2-3-4-5-6-7-8-9-10-11-14-26-19(25)17-15-16(21)12-13-18(17)20(22,23)24/h12-13,15H,2-11,14H2,1H3. The summed E-state index contributed by atoms with van der Waals surface area (Å²) < 4.78 is 56.7. The van der Waals surface area contributed by atoms with E-state index in [0.717, 1.165) is 19.3 Å². The molecule has 1 rings (SSSR count). The highest BCUT2D eigenvalue weighted by Crippen LogP contribution is 2.32. The third-order valence-electron chi connectivity index (χ3n) is 4.24. The van der Waals surface area contributed by atoms with E-state index in [9.17, 15) is 22.4 Å². The number of carbonyl (C=O) groups excluding carboxylic acids is 1. The SMILES string of the molecule is CCCCCCCCCCCCOC(=O)c1cc(F)ccc1C(F)(F)F. The molecule has 0 aliphatic rings. The predicted octanol–water partition coefficient (Wildman–Crippen LogP) is 6.92. The van der Waals surface area contributed by atoms with Crippen LogP contribution in [-0.2, 0) is 10.9 Å². The fourth-order valence-corrected chi connectivity index (χ4v) is 2.76. The molecule has 148 valence electrons. The highest BCUT2D eigenvalue weighted by molar-refractivity contribution is 5.91. The molecule has 0 aliphatic carbocycles. The molecule has 0 amide bonds. The fourth-order valence-electron chi connectivity index (χ4n) is 2.76. The first-order valence-electron chi connectivity index (χ1n) is 9.40. The average molecular weight is 376 g/mol. The topological polar surface area (TPSA) is 26.3 Å². The highest BCUT2D eigenvalue weighted by atomic mass is 19.4. The fraction of sp³-hybridized carbons (Fsp3) is 0.650. The van der Waals surface area contributed by atoms with Crippen molar-refractivity contribution in [1.29, 1.82) is 0 Å². The third kappa shape index (κ3) is 8.68. The molecule has 26 heavy (non-hydrogen) atoms. The van der Waals surface area contributed by atoms with E-state index in [4.69, 9.17) is 4.74 Å². The molecule has 0 atom stereocenters. The van der Waals surface area contributed by atoms with E-state index in [1.165, 1.54) is 38.5 Å². The molecular weight excluding hydrogens is 348 g/mol. The minimum Gasteiger partial charge on any atom is -0.462 e. The molecule has 0 unspecified atom stereocenters. The predicted molar refractivity (Wildman–Crippen MR) is 93.5 cm³/mol. The molecule has 0 saturated carbocycles. The lowest BCUT2D eigenvalue weighted by atomic mass is 10.1. The van der Waals surface area contributed by atoms with Gasteiger partial charge >= 0.3 is 12.1 Å². The van der Waals surface area contributed by atoms with E-state index in [1.54, 1.807) is 0 Å². The molecule has 0 aliphatic heterocycles. The van der Waals surface area contributed by atoms with Crippen molar-refractivity contribution in [3.63, 3.8) is 0 Å². The summed E-state index contributed by atoms with van der Waals surface area (Å²) in [5.74, 6) is -2.03. The molecule has 0 spiro atoms. The van der Waals surface area contributed by atoms with Gasteiger partial charge in [0.25, 0.3) is 0 Å². The smallest absolute Gasteiger partial charge is 0.417 e. The van der Waals surface area contributed by atoms with Gasteiger partial charge < -0.3 is 4.74 Å². The number of carbonyl (C=O) groups is 1. The Labute approximate surface area is 152 Å². The number of hydrogen-bond acceptors (Lipinski definition) is 2. The van der Waals surface area contributed by atoms with Gasteiger partial charge in [-0.05, 0) is 24.6 Å². The molecule has 0 bridgehead atoms. The summed E-state index contributed by atoms with van der Waals surface area (Å²) in [6.45, 7) is 2.23. The highest BCUT2D eigenvalue weighted by Gasteiger charge is 2.35. The molecule has 0 heterocycles. The maximum atomic E-state index is 13.2. The summed E-state index contributed by atoms with van der Waals surface area (Å²) >= 11 is 0. The molecule has 0 saturated heterocycles. The van der Waals surface area contributed by atoms with Gasteiger partial charge in [0.2, 0.25) is 0 Å². The van der Waals surface area contributed by atoms with Gasteiger partial charge in [0.1, 0.15) is 5.82 Å². The molecule has 1 aromatic carbocycles. The Balaban J connectivity index is 2.24. The average Bonchev–Trinajstić information content (AvgIpc) is 2.58. The van der Waals surface area contributed by atoms with Crippen molar-refractivity contribution in [2.75, 3.05) is 6.61 Å². The van der Waals surface area contributed by atoms with Crippen LogP contribution in [0.25, 0.3) is 0 Å². The zero-order valence-corrected chi connectivity index (χ0v) is 15.3. The van der Waals surface area contributed by atoms with Gasteiger partial charge in [-0.25, -0.2) is 9.18 Å². The number of ether oxygens (including phenoxy) is 1. The van der Waals surface area contributed by atoms with Gasteiger partial charge in [-0.2, -0.15) is 13.2 Å². The lowest BCUT2D eigenvalue weighted by molar-refractivity contribution is -0.138. The molecular formula is C20H28F4O2. The lowest BCUT2D eigenvalue weighted by Gasteiger charge is -2.12. The van der Waals surface area contributed by atoms with Gasteiger partial charge in [-0.15, -0.1) is 0 Å². The second kappa shape index (κ2) is 11.9. The van der Waals surface area contributed by atoms with E-state index in [0.29, 0.717) is 24.6 Å². The number of benzene rings is 1. The molecule has 1 aromatic rings. The second-order valence-corrected chi connectivity index (χ2v) is 6.51. The van der Waals surface area contributed by atoms with Crippen LogP contribution in [0.2, 0.25) is 0 Å². The summed E-state index contributed by atoms with van der Waals surface area (Å²) in [5.41, 5.74) is -1.95. The van der Waals surface area contributed by atoms with Crippen LogP contribution in [0.4, 0.5) is 17.6 Å². The Morgan fingerprint density at radius 3 is 2.00 bits per heavy atom. The van der Waals surface area contributed by atoms with Crippen LogP contribution in [0.5, 0.6) is 0 Å². The number of esters is 1. The summed E-state index contributed by atoms with van der Waals surface area (Å²) in [6.07, 6.45) is 6.34. The Morgan fingerprint density at radius 1 is 0.923 bits per heavy atom. The van der Waals surface area contributed by atoms with Crippen LogP contribution in [0, 0.1) is 5.82 Å². The van der Waals surface area contributed by atoms with Crippen molar-refractivity contribution >= 4 is 5.97 Å². The van der Waals surface area contributed by atoms with Crippen molar-refractivity contribution in [3.8, 4) is 0 Å². The van der Waals surface area contributed by atoms with Crippen LogP contribution in [0.3, 0.4) is 0 Å². The Hall–Kier alpha value is -1.59. The first kappa shape index (κ1) is 22.5. The lowest BCUT2D eigenvalue weighted by Crippen LogP contribution is -2.16. The van der Waals surface area contributed by atoms with E-state index >= 15 is 0 Å². The molecule has 0 aromatic heterocycles. The Bertz CT molecular complexity index is 541. The van der Waals surface area contributed by atoms with Gasteiger partial charge in [0.05, 0.1) is 17.7 Å². The van der Waals surface area contributed by atoms with E-state index in [-0.39, 0.29) is 6.61 Å². The minimum atomic E-state index is -4.72. The van der Waals surface area contributed by atoms with Crippen molar-refractivity contribution in [3.05, 3.63) is 35.1 Å². The first-order chi connectivity index (χ1) is 12.4. The van der Waals surface area contributed by atoms with Crippen molar-refractivity contribution in [1.82, 2.24) is 0 Å². The zero-order chi connectivity index (χ0) is 19.4. The summed E-state index contributed by atoms with van der Waals surface area (Å²) in [4.78, 5) is 11.8. The van der Waals surface area contributed by atoms with Crippen molar-refractivity contribution in [2.24, 2.45) is 0 Å². The first-order valence-corrected chi connectivity index (χ1v) is 9.40. The number of alkyl halides is 3. The number of unbranched alkanes of at least 4 members (excludes halogenated alkanes) is 9. The van der Waals surface area contributed by atoms with Gasteiger partial charge in [0.15, 0.2) is 0 Å². The molecule has 0 radical (unpaired) electrons. The Morgan fingerprint density at radius 2 is 1.46 bits per heavy atom. The van der Waals surface area contributed by atoms with E-state index < -0.39 is 29.1 Å². The summed E-state index contributed by atoms with van der Waals surface area (Å²) in [5, 5.41) is 0. The Kier molecular flexibility index (Phi) is 10.3. The van der Waals surface area contributed by atoms with E-state index in [1.807, 2.05) is 0 Å². The van der Waals surface area contributed by atoms with Gasteiger partial charge in [-0.3, -0.25) is 0 Å². The molecule has 2 nitrogen and oxygen atoms in total. The maximum absolute atomic E-state index is 13.2. The molecule has 6 heteroatoms. The summed E-state index contributed by atoms with van der Waals surface area (Å²) in [7, 11) is 0. The third-order valence-corrected chi connectivity index (χ3v) is 4.24. The van der Waals surface area contributed by atoms with E-state index in [2.05, 4.69) is 6.92 Å². The van der Waals surface area contributed by atoms with Gasteiger partial charge in [-0.1, -0.05) is 64.7 Å². The number of halogens is 4. The maximum Gasteiger partial charge on any atom is 0.417 e. The second-order valence-electron chi connectivity index (χ2n) is 6.51. The monoisotopic (exact) mass is 376 g/mol. The summed E-state index contributed by atoms with van der Waals surface area (Å²) in [6, 6.07) is 1.82. The van der Waals surface area contributed by atoms with Crippen LogP contribution < -0.4 is 0 Å². The number of hydrogen-bond donors (Lipinski definition) is 0. The van der Waals surface area contributed by atoms with Crippen LogP contribution >= 0.6 is 0 Å². The van der Waals surface area contributed by atoms with Gasteiger partial charge in [0, 0.05) is 0 Å². The zero-order valence-electron chi connectivity index (χ0n) is 15.3. The van der Waals surface area contributed by atoms with Crippen molar-refractivity contribution in [2.45, 2.75) is 77.3 Å². The normalized spacial score (nSPS) is 11.6. The minimum absolute atomic E-state index is 0.0448. The van der Waals surface area contributed by atoms with Crippen LogP contribution in [-0.4, -0.2) is 12.6 Å². The molecule has 0 N–H and O–H groups in total.